The summed E-state index contributed by atoms with van der Waals surface area (Å²) < 4.78 is 1.72. The van der Waals surface area contributed by atoms with Gasteiger partial charge >= 0.3 is 0 Å². The third-order valence-corrected chi connectivity index (χ3v) is 2.81. The van der Waals surface area contributed by atoms with Gasteiger partial charge in [0.15, 0.2) is 0 Å². The fourth-order valence-corrected chi connectivity index (χ4v) is 1.87. The second-order valence-electron chi connectivity index (χ2n) is 4.34. The molecular weight excluding hydrogens is 212 g/mol. The molecule has 1 aromatic heterocycles. The van der Waals surface area contributed by atoms with Crippen molar-refractivity contribution in [2.75, 3.05) is 0 Å². The van der Waals surface area contributed by atoms with Crippen LogP contribution in [0.4, 0.5) is 0 Å². The lowest BCUT2D eigenvalue weighted by molar-refractivity contribution is -0.117. The smallest absolute Gasteiger partial charge is 0.141 e. The zero-order chi connectivity index (χ0) is 12.3. The van der Waals surface area contributed by atoms with E-state index in [1.165, 1.54) is 5.56 Å². The summed E-state index contributed by atoms with van der Waals surface area (Å²) in [5.74, 6) is 0.229. The van der Waals surface area contributed by atoms with Crippen molar-refractivity contribution in [1.82, 2.24) is 9.78 Å². The van der Waals surface area contributed by atoms with Crippen LogP contribution in [0.15, 0.2) is 36.7 Å². The first-order chi connectivity index (χ1) is 8.15. The second-order valence-corrected chi connectivity index (χ2v) is 4.34. The van der Waals surface area contributed by atoms with Crippen molar-refractivity contribution in [2.45, 2.75) is 19.8 Å². The van der Waals surface area contributed by atoms with E-state index in [4.69, 9.17) is 0 Å². The van der Waals surface area contributed by atoms with Crippen LogP contribution in [0.3, 0.4) is 0 Å². The maximum atomic E-state index is 11.9. The fraction of sp³-hybridized carbons (Fsp3) is 0.286. The number of rotatable bonds is 4. The first kappa shape index (κ1) is 11.6. The molecular formula is C14H16N2O. The van der Waals surface area contributed by atoms with Gasteiger partial charge in [-0.05, 0) is 23.6 Å². The van der Waals surface area contributed by atoms with E-state index in [-0.39, 0.29) is 5.78 Å². The van der Waals surface area contributed by atoms with Gasteiger partial charge < -0.3 is 0 Å². The SMILES string of the molecule is Cc1ccccc1CC(=O)Cc1cnn(C)c1. The molecule has 0 unspecified atom stereocenters. The third kappa shape index (κ3) is 3.03. The molecule has 1 aromatic carbocycles. The number of nitrogens with zero attached hydrogens (tertiary/aromatic N) is 2. The molecule has 17 heavy (non-hydrogen) atoms. The normalized spacial score (nSPS) is 10.5. The van der Waals surface area contributed by atoms with Crippen LogP contribution >= 0.6 is 0 Å². The van der Waals surface area contributed by atoms with Crippen LogP contribution in [0.2, 0.25) is 0 Å². The van der Waals surface area contributed by atoms with E-state index in [1.807, 2.05) is 44.4 Å². The standard InChI is InChI=1S/C14H16N2O/c1-11-5-3-4-6-13(11)8-14(17)7-12-9-15-16(2)10-12/h3-6,9-10H,7-8H2,1-2H3. The van der Waals surface area contributed by atoms with Gasteiger partial charge in [0, 0.05) is 26.1 Å². The van der Waals surface area contributed by atoms with Crippen LogP contribution in [-0.4, -0.2) is 15.6 Å². The maximum Gasteiger partial charge on any atom is 0.141 e. The summed E-state index contributed by atoms with van der Waals surface area (Å²) in [6, 6.07) is 8.01. The van der Waals surface area contributed by atoms with Crippen LogP contribution in [-0.2, 0) is 24.7 Å². The molecule has 0 amide bonds. The van der Waals surface area contributed by atoms with Gasteiger partial charge in [-0.25, -0.2) is 0 Å². The van der Waals surface area contributed by atoms with E-state index in [2.05, 4.69) is 5.10 Å². The van der Waals surface area contributed by atoms with Crippen LogP contribution < -0.4 is 0 Å². The summed E-state index contributed by atoms with van der Waals surface area (Å²) >= 11 is 0. The molecule has 3 nitrogen and oxygen atoms in total. The molecule has 0 bridgehead atoms. The Morgan fingerprint density at radius 1 is 1.29 bits per heavy atom. The number of Topliss-reactive ketones (excluding diaryl/α,β-unsaturated/α-hetero) is 1. The molecule has 2 rings (SSSR count). The van der Waals surface area contributed by atoms with Crippen molar-refractivity contribution in [2.24, 2.45) is 7.05 Å². The molecule has 3 heteroatoms. The molecule has 0 saturated heterocycles. The van der Waals surface area contributed by atoms with Crippen molar-refractivity contribution < 1.29 is 4.79 Å². The molecule has 0 fully saturated rings. The van der Waals surface area contributed by atoms with Gasteiger partial charge in [0.2, 0.25) is 0 Å². The highest BCUT2D eigenvalue weighted by Crippen LogP contribution is 2.09. The number of benzene rings is 1. The summed E-state index contributed by atoms with van der Waals surface area (Å²) in [5.41, 5.74) is 3.26. The van der Waals surface area contributed by atoms with Crippen molar-refractivity contribution in [3.63, 3.8) is 0 Å². The average Bonchev–Trinajstić information content (AvgIpc) is 2.67. The first-order valence-electron chi connectivity index (χ1n) is 5.69. The van der Waals surface area contributed by atoms with E-state index >= 15 is 0 Å². The molecule has 0 aliphatic rings. The van der Waals surface area contributed by atoms with Crippen LogP contribution in [0.25, 0.3) is 0 Å². The minimum absolute atomic E-state index is 0.229. The molecule has 88 valence electrons. The number of ketones is 1. The Morgan fingerprint density at radius 3 is 2.71 bits per heavy atom. The largest absolute Gasteiger partial charge is 0.299 e. The van der Waals surface area contributed by atoms with Gasteiger partial charge in [-0.1, -0.05) is 24.3 Å². The molecule has 0 atom stereocenters. The average molecular weight is 228 g/mol. The molecule has 0 aliphatic heterocycles. The number of carbonyl (C=O) groups excluding carboxylic acids is 1. The first-order valence-corrected chi connectivity index (χ1v) is 5.69. The van der Waals surface area contributed by atoms with Gasteiger partial charge in [-0.15, -0.1) is 0 Å². The van der Waals surface area contributed by atoms with Gasteiger partial charge in [-0.3, -0.25) is 9.48 Å². The van der Waals surface area contributed by atoms with Crippen molar-refractivity contribution >= 4 is 5.78 Å². The minimum atomic E-state index is 0.229. The van der Waals surface area contributed by atoms with Gasteiger partial charge in [0.05, 0.1) is 6.20 Å². The van der Waals surface area contributed by atoms with Crippen LogP contribution in [0.5, 0.6) is 0 Å². The topological polar surface area (TPSA) is 34.9 Å². The van der Waals surface area contributed by atoms with E-state index in [1.54, 1.807) is 10.9 Å². The minimum Gasteiger partial charge on any atom is -0.299 e. The summed E-state index contributed by atoms with van der Waals surface area (Å²) in [7, 11) is 1.86. The molecule has 0 N–H and O–H groups in total. The Kier molecular flexibility index (Phi) is 3.38. The number of aryl methyl sites for hydroxylation is 2. The Morgan fingerprint density at radius 2 is 2.06 bits per heavy atom. The van der Waals surface area contributed by atoms with E-state index in [9.17, 15) is 4.79 Å². The zero-order valence-corrected chi connectivity index (χ0v) is 10.2. The summed E-state index contributed by atoms with van der Waals surface area (Å²) in [6.45, 7) is 2.03. The molecule has 0 radical (unpaired) electrons. The summed E-state index contributed by atoms with van der Waals surface area (Å²) in [5, 5.41) is 4.06. The highest BCUT2D eigenvalue weighted by atomic mass is 16.1. The maximum absolute atomic E-state index is 11.9. The van der Waals surface area contributed by atoms with E-state index in [0.29, 0.717) is 12.8 Å². The fourth-order valence-electron chi connectivity index (χ4n) is 1.87. The van der Waals surface area contributed by atoms with E-state index in [0.717, 1.165) is 11.1 Å². The molecule has 0 aliphatic carbocycles. The number of carbonyl (C=O) groups is 1. The number of hydrogen-bond acceptors (Lipinski definition) is 2. The van der Waals surface area contributed by atoms with Gasteiger partial charge in [-0.2, -0.15) is 5.10 Å². The number of aromatic nitrogens is 2. The Hall–Kier alpha value is -1.90. The molecule has 0 spiro atoms. The van der Waals surface area contributed by atoms with Crippen LogP contribution in [0.1, 0.15) is 16.7 Å². The van der Waals surface area contributed by atoms with Gasteiger partial charge in [0.1, 0.15) is 5.78 Å². The highest BCUT2D eigenvalue weighted by Gasteiger charge is 2.07. The predicted molar refractivity (Wildman–Crippen MR) is 66.8 cm³/mol. The van der Waals surface area contributed by atoms with Gasteiger partial charge in [0.25, 0.3) is 0 Å². The monoisotopic (exact) mass is 228 g/mol. The van der Waals surface area contributed by atoms with Crippen LogP contribution in [0, 0.1) is 6.92 Å². The second kappa shape index (κ2) is 4.95. The van der Waals surface area contributed by atoms with E-state index < -0.39 is 0 Å². The number of hydrogen-bond donors (Lipinski definition) is 0. The quantitative estimate of drug-likeness (QED) is 0.803. The summed E-state index contributed by atoms with van der Waals surface area (Å²) in [6.07, 6.45) is 4.59. The summed E-state index contributed by atoms with van der Waals surface area (Å²) in [4.78, 5) is 11.9. The predicted octanol–water partition coefficient (Wildman–Crippen LogP) is 2.08. The zero-order valence-electron chi connectivity index (χ0n) is 10.2. The molecule has 2 aromatic rings. The Balaban J connectivity index is 2.01. The highest BCUT2D eigenvalue weighted by molar-refractivity contribution is 5.83. The van der Waals surface area contributed by atoms with Crippen molar-refractivity contribution in [3.05, 3.63) is 53.3 Å². The third-order valence-electron chi connectivity index (χ3n) is 2.81. The van der Waals surface area contributed by atoms with Crippen molar-refractivity contribution in [1.29, 1.82) is 0 Å². The lowest BCUT2D eigenvalue weighted by Gasteiger charge is -2.03. The lowest BCUT2D eigenvalue weighted by Crippen LogP contribution is -2.07. The molecule has 1 heterocycles. The Labute approximate surface area is 101 Å². The molecule has 0 saturated carbocycles. The van der Waals surface area contributed by atoms with Crippen molar-refractivity contribution in [3.8, 4) is 0 Å². The lowest BCUT2D eigenvalue weighted by atomic mass is 10.0. The Bertz CT molecular complexity index is 529.